The van der Waals surface area contributed by atoms with E-state index < -0.39 is 0 Å². The van der Waals surface area contributed by atoms with Crippen LogP contribution >= 0.6 is 0 Å². The Morgan fingerprint density at radius 2 is 1.65 bits per heavy atom. The summed E-state index contributed by atoms with van der Waals surface area (Å²) in [5, 5.41) is 3.17. The van der Waals surface area contributed by atoms with Crippen molar-refractivity contribution in [2.75, 3.05) is 25.5 Å². The molecule has 0 spiro atoms. The molecule has 1 aromatic rings. The van der Waals surface area contributed by atoms with Gasteiger partial charge in [-0.3, -0.25) is 4.79 Å². The third kappa shape index (κ3) is 2.98. The topological polar surface area (TPSA) is 32.3 Å². The number of amides is 1. The summed E-state index contributed by atoms with van der Waals surface area (Å²) in [4.78, 5) is 14.8. The Hall–Kier alpha value is -1.35. The molecular formula is C23H32N2O. The summed E-state index contributed by atoms with van der Waals surface area (Å²) in [5.41, 5.74) is 2.95. The van der Waals surface area contributed by atoms with Gasteiger partial charge in [0, 0.05) is 12.2 Å². The molecule has 0 radical (unpaired) electrons. The van der Waals surface area contributed by atoms with Crippen molar-refractivity contribution in [3.8, 4) is 0 Å². The molecule has 5 aliphatic rings. The second-order valence-corrected chi connectivity index (χ2v) is 9.87. The van der Waals surface area contributed by atoms with Gasteiger partial charge in [0.25, 0.3) is 0 Å². The van der Waals surface area contributed by atoms with Crippen LogP contribution in [-0.2, 0) is 10.2 Å². The van der Waals surface area contributed by atoms with Crippen LogP contribution in [0.3, 0.4) is 0 Å². The third-order valence-electron chi connectivity index (χ3n) is 7.80. The molecule has 4 bridgehead atoms. The van der Waals surface area contributed by atoms with E-state index in [0.29, 0.717) is 5.41 Å². The van der Waals surface area contributed by atoms with Gasteiger partial charge in [0.1, 0.15) is 0 Å². The molecule has 1 atom stereocenters. The summed E-state index contributed by atoms with van der Waals surface area (Å²) >= 11 is 0. The van der Waals surface area contributed by atoms with Gasteiger partial charge in [-0.15, -0.1) is 0 Å². The maximum absolute atomic E-state index is 12.6. The summed E-state index contributed by atoms with van der Waals surface area (Å²) in [7, 11) is 2.11. The van der Waals surface area contributed by atoms with Gasteiger partial charge >= 0.3 is 0 Å². The Labute approximate surface area is 157 Å². The minimum atomic E-state index is 0.136. The lowest BCUT2D eigenvalue weighted by molar-refractivity contribution is -0.121. The van der Waals surface area contributed by atoms with Crippen LogP contribution in [0.15, 0.2) is 24.3 Å². The highest BCUT2D eigenvalue weighted by atomic mass is 16.1. The van der Waals surface area contributed by atoms with E-state index in [1.54, 1.807) is 0 Å². The van der Waals surface area contributed by atoms with Crippen molar-refractivity contribution in [1.29, 1.82) is 0 Å². The second kappa shape index (κ2) is 6.37. The molecule has 1 aromatic carbocycles. The largest absolute Gasteiger partial charge is 0.326 e. The van der Waals surface area contributed by atoms with Crippen LogP contribution in [0.4, 0.5) is 5.69 Å². The fourth-order valence-electron chi connectivity index (χ4n) is 7.00. The Morgan fingerprint density at radius 1 is 1.04 bits per heavy atom. The van der Waals surface area contributed by atoms with Crippen LogP contribution in [0.25, 0.3) is 0 Å². The monoisotopic (exact) mass is 352 g/mol. The number of benzene rings is 1. The molecule has 6 rings (SSSR count). The standard InChI is InChI=1S/C23H32N2O/c1-25-8-2-3-19(15-25)22(26)24-21-6-4-20(5-7-21)23-12-16-9-17(13-23)11-18(10-16)14-23/h4-7,16-19H,2-3,8-15H2,1H3,(H,24,26)/t16?,17?,18?,19-,23?/m1/s1. The van der Waals surface area contributed by atoms with E-state index >= 15 is 0 Å². The number of nitrogens with one attached hydrogen (secondary N) is 1. The molecule has 5 fully saturated rings. The molecular weight excluding hydrogens is 320 g/mol. The molecule has 140 valence electrons. The van der Waals surface area contributed by atoms with E-state index in [4.69, 9.17) is 0 Å². The lowest BCUT2D eigenvalue weighted by Crippen LogP contribution is -2.48. The number of hydrogen-bond acceptors (Lipinski definition) is 2. The van der Waals surface area contributed by atoms with Gasteiger partial charge in [0.2, 0.25) is 5.91 Å². The summed E-state index contributed by atoms with van der Waals surface area (Å²) < 4.78 is 0. The Kier molecular flexibility index (Phi) is 4.11. The number of likely N-dealkylation sites (tertiary alicyclic amines) is 1. The predicted octanol–water partition coefficient (Wildman–Crippen LogP) is 4.43. The summed E-state index contributed by atoms with van der Waals surface area (Å²) in [5.74, 6) is 3.26. The SMILES string of the molecule is CN1CCC[C@@H](C(=O)Nc2ccc(C34CC5CC(CC(C5)C3)C4)cc2)C1. The molecule has 3 heteroatoms. The lowest BCUT2D eigenvalue weighted by atomic mass is 9.48. The van der Waals surface area contributed by atoms with E-state index in [2.05, 4.69) is 41.5 Å². The van der Waals surface area contributed by atoms with E-state index in [9.17, 15) is 4.79 Å². The fourth-order valence-corrected chi connectivity index (χ4v) is 7.00. The first-order valence-corrected chi connectivity index (χ1v) is 10.7. The van der Waals surface area contributed by atoms with Crippen molar-refractivity contribution in [2.45, 2.75) is 56.8 Å². The van der Waals surface area contributed by atoms with Gasteiger partial charge in [-0.1, -0.05) is 12.1 Å². The highest BCUT2D eigenvalue weighted by Gasteiger charge is 2.51. The average Bonchev–Trinajstić information content (AvgIpc) is 2.61. The van der Waals surface area contributed by atoms with Crippen molar-refractivity contribution in [2.24, 2.45) is 23.7 Å². The summed E-state index contributed by atoms with van der Waals surface area (Å²) in [6.07, 6.45) is 10.8. The van der Waals surface area contributed by atoms with Crippen LogP contribution in [0, 0.1) is 23.7 Å². The molecule has 26 heavy (non-hydrogen) atoms. The van der Waals surface area contributed by atoms with Crippen molar-refractivity contribution in [3.05, 3.63) is 29.8 Å². The molecule has 0 unspecified atom stereocenters. The highest BCUT2D eigenvalue weighted by Crippen LogP contribution is 2.60. The van der Waals surface area contributed by atoms with Crippen molar-refractivity contribution < 1.29 is 4.79 Å². The zero-order valence-electron chi connectivity index (χ0n) is 16.0. The van der Waals surface area contributed by atoms with Crippen LogP contribution < -0.4 is 5.32 Å². The van der Waals surface area contributed by atoms with E-state index in [0.717, 1.165) is 49.4 Å². The zero-order valence-corrected chi connectivity index (χ0v) is 16.0. The maximum Gasteiger partial charge on any atom is 0.228 e. The quantitative estimate of drug-likeness (QED) is 0.872. The third-order valence-corrected chi connectivity index (χ3v) is 7.80. The highest BCUT2D eigenvalue weighted by molar-refractivity contribution is 5.92. The zero-order chi connectivity index (χ0) is 17.7. The first kappa shape index (κ1) is 16.8. The molecule has 1 amide bonds. The minimum absolute atomic E-state index is 0.136. The number of rotatable bonds is 3. The van der Waals surface area contributed by atoms with Gasteiger partial charge in [0.15, 0.2) is 0 Å². The van der Waals surface area contributed by atoms with Crippen LogP contribution in [-0.4, -0.2) is 30.9 Å². The van der Waals surface area contributed by atoms with Crippen LogP contribution in [0.2, 0.25) is 0 Å². The average molecular weight is 353 g/mol. The van der Waals surface area contributed by atoms with E-state index in [-0.39, 0.29) is 11.8 Å². The fraction of sp³-hybridized carbons (Fsp3) is 0.696. The van der Waals surface area contributed by atoms with Gasteiger partial charge in [0.05, 0.1) is 5.92 Å². The molecule has 4 saturated carbocycles. The molecule has 1 aliphatic heterocycles. The Bertz CT molecular complexity index is 645. The Balaban J connectivity index is 1.28. The number of carbonyl (C=O) groups is 1. The normalized spacial score (nSPS) is 39.1. The number of hydrogen-bond donors (Lipinski definition) is 1. The maximum atomic E-state index is 12.6. The number of anilines is 1. The van der Waals surface area contributed by atoms with Gasteiger partial charge in [-0.25, -0.2) is 0 Å². The molecule has 0 aromatic heterocycles. The minimum Gasteiger partial charge on any atom is -0.326 e. The Morgan fingerprint density at radius 3 is 2.23 bits per heavy atom. The first-order chi connectivity index (χ1) is 12.6. The van der Waals surface area contributed by atoms with E-state index in [1.165, 1.54) is 44.1 Å². The smallest absolute Gasteiger partial charge is 0.228 e. The lowest BCUT2D eigenvalue weighted by Gasteiger charge is -2.57. The van der Waals surface area contributed by atoms with Crippen molar-refractivity contribution in [1.82, 2.24) is 4.90 Å². The number of nitrogens with zero attached hydrogens (tertiary/aromatic N) is 1. The van der Waals surface area contributed by atoms with Crippen LogP contribution in [0.1, 0.15) is 56.9 Å². The predicted molar refractivity (Wildman–Crippen MR) is 105 cm³/mol. The number of carbonyl (C=O) groups excluding carboxylic acids is 1. The van der Waals surface area contributed by atoms with E-state index in [1.807, 2.05) is 0 Å². The van der Waals surface area contributed by atoms with Gasteiger partial charge in [-0.2, -0.15) is 0 Å². The molecule has 1 N–H and O–H groups in total. The molecule has 1 saturated heterocycles. The van der Waals surface area contributed by atoms with Gasteiger partial charge in [-0.05, 0) is 106 Å². The molecule has 3 nitrogen and oxygen atoms in total. The van der Waals surface area contributed by atoms with Crippen molar-refractivity contribution in [3.63, 3.8) is 0 Å². The second-order valence-electron chi connectivity index (χ2n) is 9.87. The summed E-state index contributed by atoms with van der Waals surface area (Å²) in [6.45, 7) is 2.00. The summed E-state index contributed by atoms with van der Waals surface area (Å²) in [6, 6.07) is 8.93. The van der Waals surface area contributed by atoms with Crippen LogP contribution in [0.5, 0.6) is 0 Å². The number of piperidine rings is 1. The first-order valence-electron chi connectivity index (χ1n) is 10.7. The van der Waals surface area contributed by atoms with Crippen molar-refractivity contribution >= 4 is 11.6 Å². The molecule has 4 aliphatic carbocycles. The molecule has 1 heterocycles. The van der Waals surface area contributed by atoms with Gasteiger partial charge < -0.3 is 10.2 Å².